The van der Waals surface area contributed by atoms with Crippen molar-refractivity contribution in [1.82, 2.24) is 14.8 Å². The minimum absolute atomic E-state index is 0.0643. The fourth-order valence-electron chi connectivity index (χ4n) is 3.05. The van der Waals surface area contributed by atoms with Gasteiger partial charge in [-0.1, -0.05) is 0 Å². The molecule has 0 radical (unpaired) electrons. The summed E-state index contributed by atoms with van der Waals surface area (Å²) in [5, 5.41) is 0. The van der Waals surface area contributed by atoms with E-state index < -0.39 is 0 Å². The molecule has 1 fully saturated rings. The largest absolute Gasteiger partial charge is 0.459 e. The first kappa shape index (κ1) is 15.4. The van der Waals surface area contributed by atoms with E-state index in [1.165, 1.54) is 12.7 Å². The third-order valence-electron chi connectivity index (χ3n) is 4.38. The van der Waals surface area contributed by atoms with E-state index in [-0.39, 0.29) is 11.8 Å². The molecular weight excluding hydrogens is 322 g/mol. The highest BCUT2D eigenvalue weighted by Crippen LogP contribution is 2.17. The Balaban J connectivity index is 1.46. The van der Waals surface area contributed by atoms with Crippen LogP contribution in [0.2, 0.25) is 0 Å². The molecule has 0 atom stereocenters. The molecule has 3 aromatic rings. The van der Waals surface area contributed by atoms with Crippen molar-refractivity contribution < 1.29 is 18.4 Å². The lowest BCUT2D eigenvalue weighted by molar-refractivity contribution is 0.0700. The molecule has 0 aliphatic carbocycles. The van der Waals surface area contributed by atoms with E-state index in [0.717, 1.165) is 11.9 Å². The van der Waals surface area contributed by atoms with Crippen molar-refractivity contribution in [3.05, 3.63) is 54.3 Å². The van der Waals surface area contributed by atoms with Crippen molar-refractivity contribution in [2.75, 3.05) is 26.2 Å². The fourth-order valence-corrected chi connectivity index (χ4v) is 3.05. The van der Waals surface area contributed by atoms with E-state index in [2.05, 4.69) is 4.98 Å². The molecule has 0 spiro atoms. The number of carbonyl (C=O) groups is 2. The first-order valence-corrected chi connectivity index (χ1v) is 8.18. The Morgan fingerprint density at radius 2 is 1.76 bits per heavy atom. The summed E-state index contributed by atoms with van der Waals surface area (Å²) in [5.74, 6) is 0.128. The van der Waals surface area contributed by atoms with Crippen molar-refractivity contribution in [2.24, 2.45) is 0 Å². The molecule has 3 heterocycles. The number of furan rings is 1. The molecule has 2 aromatic heterocycles. The Bertz CT molecular complexity index is 900. The van der Waals surface area contributed by atoms with Crippen LogP contribution < -0.4 is 0 Å². The van der Waals surface area contributed by atoms with Gasteiger partial charge in [-0.25, -0.2) is 4.98 Å². The zero-order chi connectivity index (χ0) is 17.2. The number of aromatic nitrogens is 1. The molecule has 0 bridgehead atoms. The average Bonchev–Trinajstić information content (AvgIpc) is 3.27. The highest BCUT2D eigenvalue weighted by molar-refractivity contribution is 5.97. The molecule has 7 nitrogen and oxygen atoms in total. The lowest BCUT2D eigenvalue weighted by Gasteiger charge is -2.21. The normalized spacial score (nSPS) is 15.4. The van der Waals surface area contributed by atoms with E-state index in [1.54, 1.807) is 40.1 Å². The highest BCUT2D eigenvalue weighted by atomic mass is 16.3. The minimum atomic E-state index is -0.137. The van der Waals surface area contributed by atoms with E-state index in [9.17, 15) is 9.59 Å². The molecule has 0 saturated carbocycles. The number of benzene rings is 1. The number of fused-ring (bicyclic) bond motifs is 1. The summed E-state index contributed by atoms with van der Waals surface area (Å²) in [7, 11) is 0. The Morgan fingerprint density at radius 1 is 0.960 bits per heavy atom. The van der Waals surface area contributed by atoms with Gasteiger partial charge in [-0.05, 0) is 36.8 Å². The van der Waals surface area contributed by atoms with Gasteiger partial charge in [0.2, 0.25) is 0 Å². The summed E-state index contributed by atoms with van der Waals surface area (Å²) in [4.78, 5) is 32.7. The zero-order valence-electron chi connectivity index (χ0n) is 13.6. The van der Waals surface area contributed by atoms with Crippen LogP contribution in [-0.2, 0) is 0 Å². The summed E-state index contributed by atoms with van der Waals surface area (Å²) < 4.78 is 10.4. The molecule has 25 heavy (non-hydrogen) atoms. The first-order chi connectivity index (χ1) is 12.2. The average molecular weight is 339 g/mol. The Hall–Kier alpha value is -3.09. The van der Waals surface area contributed by atoms with Gasteiger partial charge >= 0.3 is 0 Å². The smallest absolute Gasteiger partial charge is 0.289 e. The molecule has 0 N–H and O–H groups in total. The van der Waals surface area contributed by atoms with Crippen molar-refractivity contribution >= 4 is 22.9 Å². The van der Waals surface area contributed by atoms with Crippen LogP contribution in [-0.4, -0.2) is 52.8 Å². The van der Waals surface area contributed by atoms with Crippen LogP contribution in [0.15, 0.2) is 51.8 Å². The molecule has 1 aliphatic rings. The van der Waals surface area contributed by atoms with E-state index in [1.807, 2.05) is 0 Å². The summed E-state index contributed by atoms with van der Waals surface area (Å²) >= 11 is 0. The molecule has 4 rings (SSSR count). The molecule has 1 saturated heterocycles. The van der Waals surface area contributed by atoms with Gasteiger partial charge < -0.3 is 18.6 Å². The Labute approximate surface area is 143 Å². The van der Waals surface area contributed by atoms with E-state index >= 15 is 0 Å². The third-order valence-corrected chi connectivity index (χ3v) is 4.38. The monoisotopic (exact) mass is 339 g/mol. The zero-order valence-corrected chi connectivity index (χ0v) is 13.6. The van der Waals surface area contributed by atoms with Gasteiger partial charge in [0.1, 0.15) is 5.52 Å². The van der Waals surface area contributed by atoms with Crippen LogP contribution in [0.5, 0.6) is 0 Å². The highest BCUT2D eigenvalue weighted by Gasteiger charge is 2.24. The number of nitrogens with zero attached hydrogens (tertiary/aromatic N) is 3. The number of rotatable bonds is 2. The predicted molar refractivity (Wildman–Crippen MR) is 89.1 cm³/mol. The van der Waals surface area contributed by atoms with Crippen LogP contribution in [0.1, 0.15) is 27.3 Å². The van der Waals surface area contributed by atoms with Crippen LogP contribution in [0.25, 0.3) is 11.1 Å². The van der Waals surface area contributed by atoms with Gasteiger partial charge in [0.15, 0.2) is 17.7 Å². The van der Waals surface area contributed by atoms with Crippen LogP contribution in [0.4, 0.5) is 0 Å². The molecular formula is C18H17N3O4. The molecule has 2 amide bonds. The van der Waals surface area contributed by atoms with E-state index in [4.69, 9.17) is 8.83 Å². The molecule has 1 aromatic carbocycles. The quantitative estimate of drug-likeness (QED) is 0.716. The standard InChI is InChI=1S/C18H17N3O4/c22-17(13-4-5-14-16(11-13)25-12-19-14)20-6-2-7-21(9-8-20)18(23)15-3-1-10-24-15/h1,3-5,10-12H,2,6-9H2. The minimum Gasteiger partial charge on any atom is -0.459 e. The van der Waals surface area contributed by atoms with Crippen LogP contribution >= 0.6 is 0 Å². The molecule has 1 aliphatic heterocycles. The summed E-state index contributed by atoms with van der Waals surface area (Å²) in [6.07, 6.45) is 3.58. The van der Waals surface area contributed by atoms with Gasteiger partial charge in [-0.2, -0.15) is 0 Å². The molecule has 0 unspecified atom stereocenters. The van der Waals surface area contributed by atoms with Gasteiger partial charge in [0.05, 0.1) is 6.26 Å². The van der Waals surface area contributed by atoms with Crippen LogP contribution in [0, 0.1) is 0 Å². The van der Waals surface area contributed by atoms with Crippen molar-refractivity contribution in [1.29, 1.82) is 0 Å². The Kier molecular flexibility index (Phi) is 3.97. The predicted octanol–water partition coefficient (Wildman–Crippen LogP) is 2.41. The van der Waals surface area contributed by atoms with E-state index in [0.29, 0.717) is 43.1 Å². The van der Waals surface area contributed by atoms with Crippen molar-refractivity contribution in [3.63, 3.8) is 0 Å². The first-order valence-electron chi connectivity index (χ1n) is 8.18. The van der Waals surface area contributed by atoms with Crippen molar-refractivity contribution in [3.8, 4) is 0 Å². The summed E-state index contributed by atoms with van der Waals surface area (Å²) in [6, 6.07) is 8.59. The second kappa shape index (κ2) is 6.43. The van der Waals surface area contributed by atoms with Crippen LogP contribution in [0.3, 0.4) is 0 Å². The van der Waals surface area contributed by atoms with Crippen molar-refractivity contribution in [2.45, 2.75) is 6.42 Å². The number of carbonyl (C=O) groups excluding carboxylic acids is 2. The Morgan fingerprint density at radius 3 is 2.52 bits per heavy atom. The molecule has 128 valence electrons. The summed E-state index contributed by atoms with van der Waals surface area (Å²) in [6.45, 7) is 2.18. The lowest BCUT2D eigenvalue weighted by atomic mass is 10.1. The van der Waals surface area contributed by atoms with Gasteiger partial charge in [0.25, 0.3) is 11.8 Å². The second-order valence-electron chi connectivity index (χ2n) is 5.95. The molecule has 7 heteroatoms. The second-order valence-corrected chi connectivity index (χ2v) is 5.95. The van der Waals surface area contributed by atoms with Gasteiger partial charge in [-0.15, -0.1) is 0 Å². The fraction of sp³-hybridized carbons (Fsp3) is 0.278. The van der Waals surface area contributed by atoms with Gasteiger partial charge in [-0.3, -0.25) is 9.59 Å². The number of hydrogen-bond acceptors (Lipinski definition) is 5. The maximum Gasteiger partial charge on any atom is 0.289 e. The number of oxazole rings is 1. The topological polar surface area (TPSA) is 79.8 Å². The maximum atomic E-state index is 12.8. The third kappa shape index (κ3) is 3.00. The van der Waals surface area contributed by atoms with Gasteiger partial charge in [0, 0.05) is 31.7 Å². The number of amides is 2. The number of hydrogen-bond donors (Lipinski definition) is 0. The SMILES string of the molecule is O=C(c1ccc2ncoc2c1)N1CCCN(C(=O)c2ccco2)CC1. The lowest BCUT2D eigenvalue weighted by Crippen LogP contribution is -2.37. The maximum absolute atomic E-state index is 12.8. The summed E-state index contributed by atoms with van der Waals surface area (Å²) in [5.41, 5.74) is 1.88.